The van der Waals surface area contributed by atoms with Crippen LogP contribution in [0.3, 0.4) is 0 Å². The van der Waals surface area contributed by atoms with Crippen molar-refractivity contribution in [3.8, 4) is 0 Å². The summed E-state index contributed by atoms with van der Waals surface area (Å²) in [5, 5.41) is 6.87. The lowest BCUT2D eigenvalue weighted by Crippen LogP contribution is -2.34. The molecule has 1 saturated heterocycles. The molecule has 1 aliphatic rings. The summed E-state index contributed by atoms with van der Waals surface area (Å²) >= 11 is 0. The maximum atomic E-state index is 13.1. The maximum absolute atomic E-state index is 13.1. The standard InChI is InChI=1S/C14H21FN2/c1-11(13-3-2-4-14(15)9-13)17-10-12-5-7-16-8-6-12/h2-4,9,11-12,16-17H,5-8,10H2,1H3/t11-/m1/s1. The van der Waals surface area contributed by atoms with Crippen LogP contribution in [0.2, 0.25) is 0 Å². The van der Waals surface area contributed by atoms with Crippen LogP contribution >= 0.6 is 0 Å². The number of nitrogens with one attached hydrogen (secondary N) is 2. The van der Waals surface area contributed by atoms with Crippen molar-refractivity contribution in [1.82, 2.24) is 10.6 Å². The zero-order valence-corrected chi connectivity index (χ0v) is 10.4. The molecule has 2 rings (SSSR count). The molecule has 0 amide bonds. The van der Waals surface area contributed by atoms with Gasteiger partial charge >= 0.3 is 0 Å². The van der Waals surface area contributed by atoms with Crippen LogP contribution in [0.4, 0.5) is 4.39 Å². The van der Waals surface area contributed by atoms with Gasteiger partial charge in [0.25, 0.3) is 0 Å². The van der Waals surface area contributed by atoms with E-state index in [1.165, 1.54) is 18.9 Å². The molecule has 0 radical (unpaired) electrons. The Morgan fingerprint density at radius 3 is 2.88 bits per heavy atom. The number of piperidine rings is 1. The Morgan fingerprint density at radius 1 is 1.41 bits per heavy atom. The van der Waals surface area contributed by atoms with Gasteiger partial charge in [0.05, 0.1) is 0 Å². The fourth-order valence-corrected chi connectivity index (χ4v) is 2.32. The second-order valence-electron chi connectivity index (χ2n) is 4.88. The highest BCUT2D eigenvalue weighted by atomic mass is 19.1. The Labute approximate surface area is 103 Å². The number of hydrogen-bond acceptors (Lipinski definition) is 2. The topological polar surface area (TPSA) is 24.1 Å². The van der Waals surface area contributed by atoms with E-state index in [1.54, 1.807) is 12.1 Å². The van der Waals surface area contributed by atoms with Gasteiger partial charge in [-0.15, -0.1) is 0 Å². The smallest absolute Gasteiger partial charge is 0.123 e. The fraction of sp³-hybridized carbons (Fsp3) is 0.571. The third kappa shape index (κ3) is 3.79. The van der Waals surface area contributed by atoms with Crippen LogP contribution in [0, 0.1) is 11.7 Å². The summed E-state index contributed by atoms with van der Waals surface area (Å²) in [6, 6.07) is 7.07. The molecule has 1 atom stereocenters. The van der Waals surface area contributed by atoms with E-state index in [0.29, 0.717) is 0 Å². The van der Waals surface area contributed by atoms with Gasteiger partial charge in [0, 0.05) is 6.04 Å². The average molecular weight is 236 g/mol. The minimum Gasteiger partial charge on any atom is -0.317 e. The Bertz CT molecular complexity index is 348. The maximum Gasteiger partial charge on any atom is 0.123 e. The van der Waals surface area contributed by atoms with Gasteiger partial charge in [-0.25, -0.2) is 4.39 Å². The van der Waals surface area contributed by atoms with E-state index < -0.39 is 0 Å². The van der Waals surface area contributed by atoms with E-state index in [1.807, 2.05) is 6.07 Å². The Morgan fingerprint density at radius 2 is 2.18 bits per heavy atom. The Kier molecular flexibility index (Phi) is 4.51. The lowest BCUT2D eigenvalue weighted by molar-refractivity contribution is 0.345. The molecule has 0 aromatic heterocycles. The molecule has 1 aliphatic heterocycles. The lowest BCUT2D eigenvalue weighted by Gasteiger charge is -2.25. The predicted octanol–water partition coefficient (Wildman–Crippen LogP) is 2.48. The summed E-state index contributed by atoms with van der Waals surface area (Å²) in [6.45, 7) is 5.37. The van der Waals surface area contributed by atoms with Crippen LogP contribution in [0.1, 0.15) is 31.4 Å². The third-order valence-corrected chi connectivity index (χ3v) is 3.52. The van der Waals surface area contributed by atoms with Gasteiger partial charge in [-0.3, -0.25) is 0 Å². The van der Waals surface area contributed by atoms with Crippen molar-refractivity contribution < 1.29 is 4.39 Å². The SMILES string of the molecule is C[C@@H](NCC1CCNCC1)c1cccc(F)c1. The molecule has 1 aromatic carbocycles. The molecule has 0 bridgehead atoms. The third-order valence-electron chi connectivity index (χ3n) is 3.52. The molecule has 94 valence electrons. The minimum absolute atomic E-state index is 0.155. The van der Waals surface area contributed by atoms with Crippen LogP contribution in [-0.4, -0.2) is 19.6 Å². The molecule has 0 aliphatic carbocycles. The first-order valence-corrected chi connectivity index (χ1v) is 6.45. The lowest BCUT2D eigenvalue weighted by atomic mass is 9.97. The molecular formula is C14H21FN2. The van der Waals surface area contributed by atoms with Crippen LogP contribution < -0.4 is 10.6 Å². The normalized spacial score (nSPS) is 19.2. The second-order valence-corrected chi connectivity index (χ2v) is 4.88. The van der Waals surface area contributed by atoms with Crippen molar-refractivity contribution >= 4 is 0 Å². The van der Waals surface area contributed by atoms with Crippen molar-refractivity contribution in [3.05, 3.63) is 35.6 Å². The van der Waals surface area contributed by atoms with Crippen LogP contribution in [-0.2, 0) is 0 Å². The number of benzene rings is 1. The van der Waals surface area contributed by atoms with Crippen molar-refractivity contribution in [2.45, 2.75) is 25.8 Å². The monoisotopic (exact) mass is 236 g/mol. The Balaban J connectivity index is 1.82. The predicted molar refractivity (Wildman–Crippen MR) is 68.4 cm³/mol. The van der Waals surface area contributed by atoms with E-state index in [0.717, 1.165) is 31.1 Å². The molecule has 0 saturated carbocycles. The molecule has 2 nitrogen and oxygen atoms in total. The van der Waals surface area contributed by atoms with E-state index in [2.05, 4.69) is 17.6 Å². The first-order chi connectivity index (χ1) is 8.25. The van der Waals surface area contributed by atoms with Crippen LogP contribution in [0.15, 0.2) is 24.3 Å². The van der Waals surface area contributed by atoms with E-state index in [9.17, 15) is 4.39 Å². The van der Waals surface area contributed by atoms with Gasteiger partial charge in [0.2, 0.25) is 0 Å². The van der Waals surface area contributed by atoms with Gasteiger partial charge < -0.3 is 10.6 Å². The zero-order chi connectivity index (χ0) is 12.1. The summed E-state index contributed by atoms with van der Waals surface area (Å²) in [5.41, 5.74) is 1.03. The van der Waals surface area contributed by atoms with Gasteiger partial charge in [0.1, 0.15) is 5.82 Å². The summed E-state index contributed by atoms with van der Waals surface area (Å²) in [6.07, 6.45) is 2.48. The van der Waals surface area contributed by atoms with E-state index in [4.69, 9.17) is 0 Å². The summed E-state index contributed by atoms with van der Waals surface area (Å²) in [4.78, 5) is 0. The molecular weight excluding hydrogens is 215 g/mol. The number of hydrogen-bond donors (Lipinski definition) is 2. The first-order valence-electron chi connectivity index (χ1n) is 6.45. The van der Waals surface area contributed by atoms with Crippen LogP contribution in [0.5, 0.6) is 0 Å². The Hall–Kier alpha value is -0.930. The van der Waals surface area contributed by atoms with Crippen molar-refractivity contribution in [3.63, 3.8) is 0 Å². The highest BCUT2D eigenvalue weighted by Crippen LogP contribution is 2.16. The summed E-state index contributed by atoms with van der Waals surface area (Å²) < 4.78 is 13.1. The second kappa shape index (κ2) is 6.12. The quantitative estimate of drug-likeness (QED) is 0.839. The van der Waals surface area contributed by atoms with E-state index in [-0.39, 0.29) is 11.9 Å². The van der Waals surface area contributed by atoms with Crippen molar-refractivity contribution in [1.29, 1.82) is 0 Å². The molecule has 3 heteroatoms. The molecule has 1 fully saturated rings. The molecule has 0 spiro atoms. The zero-order valence-electron chi connectivity index (χ0n) is 10.4. The number of rotatable bonds is 4. The van der Waals surface area contributed by atoms with Crippen molar-refractivity contribution in [2.75, 3.05) is 19.6 Å². The molecule has 2 N–H and O–H groups in total. The van der Waals surface area contributed by atoms with Gasteiger partial charge in [-0.05, 0) is 63.0 Å². The summed E-state index contributed by atoms with van der Waals surface area (Å²) in [5.74, 6) is 0.602. The first kappa shape index (κ1) is 12.5. The minimum atomic E-state index is -0.155. The number of halogens is 1. The molecule has 1 heterocycles. The van der Waals surface area contributed by atoms with Gasteiger partial charge in [-0.2, -0.15) is 0 Å². The fourth-order valence-electron chi connectivity index (χ4n) is 2.32. The highest BCUT2D eigenvalue weighted by molar-refractivity contribution is 5.19. The molecule has 17 heavy (non-hydrogen) atoms. The van der Waals surface area contributed by atoms with Crippen LogP contribution in [0.25, 0.3) is 0 Å². The van der Waals surface area contributed by atoms with Gasteiger partial charge in [0.15, 0.2) is 0 Å². The largest absolute Gasteiger partial charge is 0.317 e. The highest BCUT2D eigenvalue weighted by Gasteiger charge is 2.14. The molecule has 1 aromatic rings. The molecule has 0 unspecified atom stereocenters. The van der Waals surface area contributed by atoms with Gasteiger partial charge in [-0.1, -0.05) is 12.1 Å². The average Bonchev–Trinajstić information content (AvgIpc) is 2.37. The summed E-state index contributed by atoms with van der Waals surface area (Å²) in [7, 11) is 0. The van der Waals surface area contributed by atoms with E-state index >= 15 is 0 Å². The van der Waals surface area contributed by atoms with Crippen molar-refractivity contribution in [2.24, 2.45) is 5.92 Å².